The SMILES string of the molecule is CCn1nc(C)cc1C(=O)N1CC[C@@H]2[C@@H](CO[C@H]2Cc2n[nH]c(C)n2)C1. The molecule has 0 unspecified atom stereocenters. The average molecular weight is 358 g/mol. The Morgan fingerprint density at radius 3 is 3.00 bits per heavy atom. The first-order valence-corrected chi connectivity index (χ1v) is 9.38. The van der Waals surface area contributed by atoms with Crippen molar-refractivity contribution >= 4 is 5.91 Å². The van der Waals surface area contributed by atoms with Crippen LogP contribution in [0, 0.1) is 25.7 Å². The molecule has 2 aromatic rings. The highest BCUT2D eigenvalue weighted by atomic mass is 16.5. The quantitative estimate of drug-likeness (QED) is 0.891. The van der Waals surface area contributed by atoms with Crippen molar-refractivity contribution in [2.75, 3.05) is 19.7 Å². The average Bonchev–Trinajstić information content (AvgIpc) is 3.33. The van der Waals surface area contributed by atoms with Gasteiger partial charge in [0.05, 0.1) is 18.4 Å². The normalized spacial score (nSPS) is 25.5. The molecule has 2 saturated heterocycles. The summed E-state index contributed by atoms with van der Waals surface area (Å²) in [4.78, 5) is 19.3. The molecule has 0 radical (unpaired) electrons. The van der Waals surface area contributed by atoms with Crippen molar-refractivity contribution in [2.45, 2.75) is 46.3 Å². The molecule has 0 aromatic carbocycles. The number of hydrogen-bond acceptors (Lipinski definition) is 5. The second-order valence-electron chi connectivity index (χ2n) is 7.36. The first kappa shape index (κ1) is 17.2. The monoisotopic (exact) mass is 358 g/mol. The number of ether oxygens (including phenoxy) is 1. The molecular weight excluding hydrogens is 332 g/mol. The van der Waals surface area contributed by atoms with E-state index in [2.05, 4.69) is 20.3 Å². The molecule has 4 heterocycles. The third kappa shape index (κ3) is 3.13. The molecule has 140 valence electrons. The molecule has 0 spiro atoms. The van der Waals surface area contributed by atoms with Crippen molar-refractivity contribution in [3.8, 4) is 0 Å². The van der Waals surface area contributed by atoms with Gasteiger partial charge in [0.15, 0.2) is 5.82 Å². The maximum absolute atomic E-state index is 13.0. The van der Waals surface area contributed by atoms with E-state index in [0.29, 0.717) is 30.7 Å². The van der Waals surface area contributed by atoms with Crippen LogP contribution in [0.15, 0.2) is 6.07 Å². The van der Waals surface area contributed by atoms with E-state index < -0.39 is 0 Å². The van der Waals surface area contributed by atoms with Crippen molar-refractivity contribution in [3.63, 3.8) is 0 Å². The lowest BCUT2D eigenvalue weighted by Gasteiger charge is -2.35. The standard InChI is InChI=1S/C18H26N6O2/c1-4-24-15(7-11(2)22-24)18(25)23-6-5-14-13(9-23)10-26-16(14)8-17-19-12(3)20-21-17/h7,13-14,16H,4-6,8-10H2,1-3H3,(H,19,20,21)/t13-,14-,16+/m1/s1. The number of carbonyl (C=O) groups excluding carboxylic acids is 1. The van der Waals surface area contributed by atoms with Crippen LogP contribution >= 0.6 is 0 Å². The summed E-state index contributed by atoms with van der Waals surface area (Å²) in [5, 5.41) is 11.5. The Morgan fingerprint density at radius 2 is 2.27 bits per heavy atom. The molecule has 8 nitrogen and oxygen atoms in total. The predicted octanol–water partition coefficient (Wildman–Crippen LogP) is 1.36. The van der Waals surface area contributed by atoms with Crippen LogP contribution in [-0.2, 0) is 17.7 Å². The van der Waals surface area contributed by atoms with Crippen LogP contribution in [0.25, 0.3) is 0 Å². The zero-order valence-corrected chi connectivity index (χ0v) is 15.6. The van der Waals surface area contributed by atoms with Gasteiger partial charge in [-0.05, 0) is 39.2 Å². The number of hydrogen-bond donors (Lipinski definition) is 1. The lowest BCUT2D eigenvalue weighted by molar-refractivity contribution is 0.0598. The van der Waals surface area contributed by atoms with Gasteiger partial charge < -0.3 is 9.64 Å². The number of carbonyl (C=O) groups is 1. The van der Waals surface area contributed by atoms with Gasteiger partial charge in [-0.25, -0.2) is 4.98 Å². The Labute approximate surface area is 152 Å². The van der Waals surface area contributed by atoms with Crippen molar-refractivity contribution in [1.29, 1.82) is 0 Å². The number of fused-ring (bicyclic) bond motifs is 1. The highest BCUT2D eigenvalue weighted by molar-refractivity contribution is 5.92. The second-order valence-corrected chi connectivity index (χ2v) is 7.36. The number of H-pyrrole nitrogens is 1. The Balaban J connectivity index is 1.42. The van der Waals surface area contributed by atoms with Gasteiger partial charge >= 0.3 is 0 Å². The predicted molar refractivity (Wildman–Crippen MR) is 94.7 cm³/mol. The summed E-state index contributed by atoms with van der Waals surface area (Å²) < 4.78 is 7.84. The van der Waals surface area contributed by atoms with Crippen LogP contribution in [0.5, 0.6) is 0 Å². The van der Waals surface area contributed by atoms with Gasteiger partial charge in [-0.1, -0.05) is 0 Å². The summed E-state index contributed by atoms with van der Waals surface area (Å²) in [7, 11) is 0. The number of likely N-dealkylation sites (tertiary alicyclic amines) is 1. The van der Waals surface area contributed by atoms with Crippen molar-refractivity contribution in [3.05, 3.63) is 29.1 Å². The van der Waals surface area contributed by atoms with E-state index in [4.69, 9.17) is 4.74 Å². The second kappa shape index (κ2) is 6.83. The smallest absolute Gasteiger partial charge is 0.272 e. The Kier molecular flexibility index (Phi) is 4.52. The van der Waals surface area contributed by atoms with Gasteiger partial charge in [0.25, 0.3) is 5.91 Å². The minimum absolute atomic E-state index is 0.0824. The summed E-state index contributed by atoms with van der Waals surface area (Å²) in [6.07, 6.45) is 1.85. The van der Waals surface area contributed by atoms with Crippen LogP contribution in [0.2, 0.25) is 0 Å². The summed E-state index contributed by atoms with van der Waals surface area (Å²) in [5.41, 5.74) is 1.58. The topological polar surface area (TPSA) is 88.9 Å². The van der Waals surface area contributed by atoms with E-state index in [1.54, 1.807) is 4.68 Å². The minimum Gasteiger partial charge on any atom is -0.377 e. The summed E-state index contributed by atoms with van der Waals surface area (Å²) in [5.74, 6) is 2.58. The Bertz CT molecular complexity index is 797. The summed E-state index contributed by atoms with van der Waals surface area (Å²) in [6.45, 7) is 8.76. The third-order valence-corrected chi connectivity index (χ3v) is 5.53. The molecule has 0 aliphatic carbocycles. The molecule has 4 rings (SSSR count). The first-order valence-electron chi connectivity index (χ1n) is 9.38. The van der Waals surface area contributed by atoms with Gasteiger partial charge in [0.2, 0.25) is 0 Å². The van der Waals surface area contributed by atoms with E-state index in [1.165, 1.54) is 0 Å². The van der Waals surface area contributed by atoms with Crippen LogP contribution in [0.1, 0.15) is 41.2 Å². The molecule has 1 amide bonds. The lowest BCUT2D eigenvalue weighted by Crippen LogP contribution is -2.45. The van der Waals surface area contributed by atoms with Crippen LogP contribution in [0.4, 0.5) is 0 Å². The molecule has 2 fully saturated rings. The fourth-order valence-corrected chi connectivity index (χ4v) is 4.26. The van der Waals surface area contributed by atoms with Crippen LogP contribution < -0.4 is 0 Å². The van der Waals surface area contributed by atoms with E-state index in [9.17, 15) is 4.79 Å². The fraction of sp³-hybridized carbons (Fsp3) is 0.667. The van der Waals surface area contributed by atoms with Gasteiger partial charge in [0.1, 0.15) is 11.5 Å². The van der Waals surface area contributed by atoms with E-state index in [0.717, 1.165) is 43.3 Å². The first-order chi connectivity index (χ1) is 12.5. The molecule has 2 aliphatic rings. The molecule has 2 aliphatic heterocycles. The zero-order chi connectivity index (χ0) is 18.3. The van der Waals surface area contributed by atoms with E-state index in [1.807, 2.05) is 31.7 Å². The van der Waals surface area contributed by atoms with Crippen LogP contribution in [0.3, 0.4) is 0 Å². The maximum Gasteiger partial charge on any atom is 0.272 e. The van der Waals surface area contributed by atoms with E-state index in [-0.39, 0.29) is 12.0 Å². The van der Waals surface area contributed by atoms with Gasteiger partial charge in [-0.3, -0.25) is 14.6 Å². The lowest BCUT2D eigenvalue weighted by atomic mass is 9.83. The third-order valence-electron chi connectivity index (χ3n) is 5.53. The zero-order valence-electron chi connectivity index (χ0n) is 15.6. The number of amides is 1. The highest BCUT2D eigenvalue weighted by Crippen LogP contribution is 2.36. The minimum atomic E-state index is 0.0824. The van der Waals surface area contributed by atoms with Crippen molar-refractivity contribution in [1.82, 2.24) is 29.9 Å². The molecule has 0 bridgehead atoms. The number of aromatic amines is 1. The molecular formula is C18H26N6O2. The number of rotatable bonds is 4. The number of piperidine rings is 1. The fourth-order valence-electron chi connectivity index (χ4n) is 4.26. The Morgan fingerprint density at radius 1 is 1.42 bits per heavy atom. The molecule has 2 aromatic heterocycles. The van der Waals surface area contributed by atoms with E-state index >= 15 is 0 Å². The van der Waals surface area contributed by atoms with Crippen molar-refractivity contribution in [2.24, 2.45) is 11.8 Å². The summed E-state index contributed by atoms with van der Waals surface area (Å²) >= 11 is 0. The molecule has 8 heteroatoms. The molecule has 3 atom stereocenters. The Hall–Kier alpha value is -2.22. The van der Waals surface area contributed by atoms with Gasteiger partial charge in [0, 0.05) is 32.0 Å². The summed E-state index contributed by atoms with van der Waals surface area (Å²) in [6, 6.07) is 1.89. The van der Waals surface area contributed by atoms with Gasteiger partial charge in [-0.15, -0.1) is 0 Å². The number of aryl methyl sites for hydroxylation is 3. The van der Waals surface area contributed by atoms with Gasteiger partial charge in [-0.2, -0.15) is 10.2 Å². The molecule has 0 saturated carbocycles. The maximum atomic E-state index is 13.0. The van der Waals surface area contributed by atoms with Crippen LogP contribution in [-0.4, -0.2) is 61.6 Å². The molecule has 1 N–H and O–H groups in total. The number of nitrogens with one attached hydrogen (secondary N) is 1. The highest BCUT2D eigenvalue weighted by Gasteiger charge is 2.42. The van der Waals surface area contributed by atoms with Crippen molar-refractivity contribution < 1.29 is 9.53 Å². The number of aromatic nitrogens is 5. The number of nitrogens with zero attached hydrogens (tertiary/aromatic N) is 5. The largest absolute Gasteiger partial charge is 0.377 e. The molecule has 26 heavy (non-hydrogen) atoms.